The summed E-state index contributed by atoms with van der Waals surface area (Å²) >= 11 is 0. The summed E-state index contributed by atoms with van der Waals surface area (Å²) in [5.74, 6) is 0.194. The molecule has 2 aromatic heterocycles. The fraction of sp³-hybridized carbons (Fsp3) is 0.192. The lowest BCUT2D eigenvalue weighted by atomic mass is 10.1. The molecule has 2 atom stereocenters. The van der Waals surface area contributed by atoms with Crippen molar-refractivity contribution in [3.05, 3.63) is 85.2 Å². The van der Waals surface area contributed by atoms with Crippen molar-refractivity contribution < 1.29 is 9.18 Å². The first-order valence-electron chi connectivity index (χ1n) is 10.9. The topological polar surface area (TPSA) is 63.1 Å². The van der Waals surface area contributed by atoms with E-state index in [4.69, 9.17) is 0 Å². The standard InChI is InChI=1S/C26H24FN5O/c1-31-23(13-14-29-31)19-7-10-22(11-8-19)32-17-21(27)15-24(32)26(33)30-25-12-9-20(16-28-25)18-5-3-2-4-6-18/h2-14,16,21,24H,15,17H2,1H3,(H,28,30,33)/t21-,24-/m0/s1. The fourth-order valence-corrected chi connectivity index (χ4v) is 4.28. The molecule has 166 valence electrons. The predicted octanol–water partition coefficient (Wildman–Crippen LogP) is 4.70. The van der Waals surface area contributed by atoms with Crippen molar-refractivity contribution in [1.82, 2.24) is 14.8 Å². The zero-order valence-corrected chi connectivity index (χ0v) is 18.2. The lowest BCUT2D eigenvalue weighted by Crippen LogP contribution is -2.39. The highest BCUT2D eigenvalue weighted by molar-refractivity contribution is 5.97. The maximum absolute atomic E-state index is 14.4. The minimum atomic E-state index is -1.06. The van der Waals surface area contributed by atoms with Crippen LogP contribution in [0.15, 0.2) is 85.2 Å². The van der Waals surface area contributed by atoms with Gasteiger partial charge >= 0.3 is 0 Å². The minimum Gasteiger partial charge on any atom is -0.356 e. The highest BCUT2D eigenvalue weighted by atomic mass is 19.1. The molecule has 4 aromatic rings. The molecule has 0 bridgehead atoms. The van der Waals surface area contributed by atoms with Gasteiger partial charge < -0.3 is 10.2 Å². The van der Waals surface area contributed by atoms with Gasteiger partial charge in [0, 0.05) is 37.1 Å². The smallest absolute Gasteiger partial charge is 0.248 e. The second-order valence-electron chi connectivity index (χ2n) is 8.18. The van der Waals surface area contributed by atoms with Crippen LogP contribution in [-0.4, -0.2) is 39.4 Å². The van der Waals surface area contributed by atoms with Crippen LogP contribution >= 0.6 is 0 Å². The molecule has 1 saturated heterocycles. The molecule has 1 fully saturated rings. The van der Waals surface area contributed by atoms with Crippen LogP contribution in [0, 0.1) is 0 Å². The average Bonchev–Trinajstić information content (AvgIpc) is 3.46. The Balaban J connectivity index is 1.30. The Labute approximate surface area is 191 Å². The molecule has 3 heterocycles. The number of carbonyl (C=O) groups is 1. The number of hydrogen-bond donors (Lipinski definition) is 1. The second-order valence-corrected chi connectivity index (χ2v) is 8.18. The number of nitrogens with zero attached hydrogens (tertiary/aromatic N) is 4. The summed E-state index contributed by atoms with van der Waals surface area (Å²) in [4.78, 5) is 19.2. The van der Waals surface area contributed by atoms with E-state index in [1.807, 2.05) is 78.7 Å². The van der Waals surface area contributed by atoms with Crippen molar-refractivity contribution in [2.75, 3.05) is 16.8 Å². The van der Waals surface area contributed by atoms with Gasteiger partial charge in [0.05, 0.1) is 12.2 Å². The van der Waals surface area contributed by atoms with E-state index in [0.717, 1.165) is 28.1 Å². The zero-order valence-electron chi connectivity index (χ0n) is 18.2. The number of alkyl halides is 1. The van der Waals surface area contributed by atoms with Crippen LogP contribution in [0.5, 0.6) is 0 Å². The van der Waals surface area contributed by atoms with Crippen LogP contribution in [0.25, 0.3) is 22.4 Å². The summed E-state index contributed by atoms with van der Waals surface area (Å²) in [6, 6.07) is 22.7. The Morgan fingerprint density at radius 3 is 2.39 bits per heavy atom. The Morgan fingerprint density at radius 1 is 0.970 bits per heavy atom. The van der Waals surface area contributed by atoms with Gasteiger partial charge in [-0.25, -0.2) is 9.37 Å². The number of anilines is 2. The number of pyridine rings is 1. The number of aromatic nitrogens is 3. The molecule has 33 heavy (non-hydrogen) atoms. The van der Waals surface area contributed by atoms with E-state index < -0.39 is 12.2 Å². The van der Waals surface area contributed by atoms with Crippen molar-refractivity contribution in [2.24, 2.45) is 7.05 Å². The van der Waals surface area contributed by atoms with Gasteiger partial charge in [-0.3, -0.25) is 9.48 Å². The van der Waals surface area contributed by atoms with Crippen LogP contribution in [-0.2, 0) is 11.8 Å². The third-order valence-electron chi connectivity index (χ3n) is 5.99. The van der Waals surface area contributed by atoms with Crippen LogP contribution in [0.1, 0.15) is 6.42 Å². The van der Waals surface area contributed by atoms with Crippen LogP contribution in [0.3, 0.4) is 0 Å². The third-order valence-corrected chi connectivity index (χ3v) is 5.99. The van der Waals surface area contributed by atoms with E-state index in [0.29, 0.717) is 5.82 Å². The molecule has 1 amide bonds. The van der Waals surface area contributed by atoms with E-state index in [-0.39, 0.29) is 18.9 Å². The monoisotopic (exact) mass is 441 g/mol. The van der Waals surface area contributed by atoms with Gasteiger partial charge in [0.25, 0.3) is 0 Å². The Kier molecular flexibility index (Phi) is 5.60. The van der Waals surface area contributed by atoms with Gasteiger partial charge in [-0.2, -0.15) is 5.10 Å². The summed E-state index contributed by atoms with van der Waals surface area (Å²) in [5.41, 5.74) is 4.84. The van der Waals surface area contributed by atoms with E-state index in [9.17, 15) is 9.18 Å². The van der Waals surface area contributed by atoms with E-state index in [2.05, 4.69) is 15.4 Å². The molecule has 1 aliphatic rings. The molecule has 1 aliphatic heterocycles. The zero-order chi connectivity index (χ0) is 22.8. The number of aryl methyl sites for hydroxylation is 1. The first-order chi connectivity index (χ1) is 16.1. The quantitative estimate of drug-likeness (QED) is 0.488. The third kappa shape index (κ3) is 4.35. The van der Waals surface area contributed by atoms with Crippen LogP contribution in [0.4, 0.5) is 15.9 Å². The molecular weight excluding hydrogens is 417 g/mol. The maximum Gasteiger partial charge on any atom is 0.248 e. The summed E-state index contributed by atoms with van der Waals surface area (Å²) in [6.45, 7) is 0.184. The molecule has 2 aromatic carbocycles. The van der Waals surface area contributed by atoms with E-state index in [1.54, 1.807) is 23.1 Å². The van der Waals surface area contributed by atoms with Crippen molar-refractivity contribution in [3.63, 3.8) is 0 Å². The Morgan fingerprint density at radius 2 is 1.73 bits per heavy atom. The minimum absolute atomic E-state index is 0.150. The SMILES string of the molecule is Cn1nccc1-c1ccc(N2C[C@@H](F)C[C@H]2C(=O)Nc2ccc(-c3ccccc3)cn2)cc1. The maximum atomic E-state index is 14.4. The molecule has 7 heteroatoms. The van der Waals surface area contributed by atoms with Gasteiger partial charge in [0.2, 0.25) is 5.91 Å². The van der Waals surface area contributed by atoms with Gasteiger partial charge in [-0.05, 0) is 41.5 Å². The highest BCUT2D eigenvalue weighted by Crippen LogP contribution is 2.30. The van der Waals surface area contributed by atoms with Gasteiger partial charge in [-0.15, -0.1) is 0 Å². The molecule has 0 radical (unpaired) electrons. The van der Waals surface area contributed by atoms with Crippen molar-refractivity contribution in [3.8, 4) is 22.4 Å². The first kappa shape index (κ1) is 20.9. The van der Waals surface area contributed by atoms with Crippen molar-refractivity contribution >= 4 is 17.4 Å². The number of nitrogens with one attached hydrogen (secondary N) is 1. The number of halogens is 1. The van der Waals surface area contributed by atoms with Crippen LogP contribution in [0.2, 0.25) is 0 Å². The number of carbonyl (C=O) groups excluding carboxylic acids is 1. The summed E-state index contributed by atoms with van der Waals surface area (Å²) in [7, 11) is 1.89. The largest absolute Gasteiger partial charge is 0.356 e. The van der Waals surface area contributed by atoms with Gasteiger partial charge in [0.15, 0.2) is 0 Å². The summed E-state index contributed by atoms with van der Waals surface area (Å²) < 4.78 is 16.2. The Hall–Kier alpha value is -4.00. The van der Waals surface area contributed by atoms with Gasteiger partial charge in [-0.1, -0.05) is 42.5 Å². The number of rotatable bonds is 5. The molecule has 0 saturated carbocycles. The normalized spacial score (nSPS) is 17.8. The molecule has 6 nitrogen and oxygen atoms in total. The molecule has 5 rings (SSSR count). The fourth-order valence-electron chi connectivity index (χ4n) is 4.28. The molecule has 0 unspecified atom stereocenters. The molecule has 0 spiro atoms. The molecular formula is C26H24FN5O. The lowest BCUT2D eigenvalue weighted by molar-refractivity contribution is -0.117. The molecule has 0 aliphatic carbocycles. The van der Waals surface area contributed by atoms with E-state index in [1.165, 1.54) is 0 Å². The van der Waals surface area contributed by atoms with Crippen LogP contribution < -0.4 is 10.2 Å². The lowest BCUT2D eigenvalue weighted by Gasteiger charge is -2.25. The van der Waals surface area contributed by atoms with Crippen molar-refractivity contribution in [1.29, 1.82) is 0 Å². The number of hydrogen-bond acceptors (Lipinski definition) is 4. The van der Waals surface area contributed by atoms with Gasteiger partial charge in [0.1, 0.15) is 18.0 Å². The number of amides is 1. The first-order valence-corrected chi connectivity index (χ1v) is 10.9. The number of benzene rings is 2. The second kappa shape index (κ2) is 8.86. The Bertz CT molecular complexity index is 1240. The van der Waals surface area contributed by atoms with E-state index >= 15 is 0 Å². The van der Waals surface area contributed by atoms with Crippen molar-refractivity contribution in [2.45, 2.75) is 18.6 Å². The average molecular weight is 442 g/mol. The highest BCUT2D eigenvalue weighted by Gasteiger charge is 2.37. The molecule has 1 N–H and O–H groups in total. The summed E-state index contributed by atoms with van der Waals surface area (Å²) in [6.07, 6.45) is 2.56. The summed E-state index contributed by atoms with van der Waals surface area (Å²) in [5, 5.41) is 7.05. The predicted molar refractivity (Wildman–Crippen MR) is 128 cm³/mol.